The lowest BCUT2D eigenvalue weighted by Crippen LogP contribution is -2.34. The van der Waals surface area contributed by atoms with E-state index in [0.29, 0.717) is 12.2 Å². The van der Waals surface area contributed by atoms with E-state index in [1.165, 1.54) is 32.1 Å². The molecule has 1 aliphatic heterocycles. The normalized spacial score (nSPS) is 30.1. The molecule has 0 radical (unpaired) electrons. The summed E-state index contributed by atoms with van der Waals surface area (Å²) in [5.74, 6) is 1.49. The van der Waals surface area contributed by atoms with Crippen LogP contribution >= 0.6 is 0 Å². The molecule has 2 fully saturated rings. The fourth-order valence-corrected chi connectivity index (χ4v) is 4.58. The standard InChI is InChI=1S/C20H38O2/c1-15(2)16(3)12-17-8-9-18(22-17)13-19(4,5)14-20(21)10-6-7-11-20/h15-18,21H,6-14H2,1-5H3. The summed E-state index contributed by atoms with van der Waals surface area (Å²) in [5, 5.41) is 10.7. The molecule has 0 bridgehead atoms. The molecule has 3 atom stereocenters. The highest BCUT2D eigenvalue weighted by atomic mass is 16.5. The molecule has 1 heterocycles. The molecule has 2 aliphatic rings. The quantitative estimate of drug-likeness (QED) is 0.689. The van der Waals surface area contributed by atoms with Gasteiger partial charge in [-0.3, -0.25) is 0 Å². The molecule has 0 aromatic carbocycles. The second-order valence-corrected chi connectivity index (χ2v) is 9.39. The predicted molar refractivity (Wildman–Crippen MR) is 92.9 cm³/mol. The largest absolute Gasteiger partial charge is 0.390 e. The van der Waals surface area contributed by atoms with Gasteiger partial charge in [0.15, 0.2) is 0 Å². The Labute approximate surface area is 138 Å². The highest BCUT2D eigenvalue weighted by molar-refractivity contribution is 4.91. The molecule has 2 nitrogen and oxygen atoms in total. The Bertz CT molecular complexity index is 342. The molecular weight excluding hydrogens is 272 g/mol. The fourth-order valence-electron chi connectivity index (χ4n) is 4.58. The van der Waals surface area contributed by atoms with Crippen molar-refractivity contribution in [3.63, 3.8) is 0 Å². The van der Waals surface area contributed by atoms with Crippen LogP contribution in [0.15, 0.2) is 0 Å². The van der Waals surface area contributed by atoms with E-state index in [4.69, 9.17) is 4.74 Å². The van der Waals surface area contributed by atoms with E-state index in [2.05, 4.69) is 34.6 Å². The average Bonchev–Trinajstić information content (AvgIpc) is 2.97. The van der Waals surface area contributed by atoms with E-state index in [9.17, 15) is 5.11 Å². The summed E-state index contributed by atoms with van der Waals surface area (Å²) >= 11 is 0. The summed E-state index contributed by atoms with van der Waals surface area (Å²) < 4.78 is 6.33. The third-order valence-electron chi connectivity index (χ3n) is 6.09. The first-order chi connectivity index (χ1) is 10.2. The van der Waals surface area contributed by atoms with Crippen LogP contribution in [0.5, 0.6) is 0 Å². The van der Waals surface area contributed by atoms with E-state index in [1.807, 2.05) is 0 Å². The van der Waals surface area contributed by atoms with Crippen molar-refractivity contribution in [2.24, 2.45) is 17.3 Å². The van der Waals surface area contributed by atoms with Gasteiger partial charge >= 0.3 is 0 Å². The van der Waals surface area contributed by atoms with Crippen molar-refractivity contribution in [3.05, 3.63) is 0 Å². The van der Waals surface area contributed by atoms with E-state index >= 15 is 0 Å². The molecule has 0 aromatic rings. The van der Waals surface area contributed by atoms with Crippen molar-refractivity contribution >= 4 is 0 Å². The summed E-state index contributed by atoms with van der Waals surface area (Å²) in [6.07, 6.45) is 10.9. The van der Waals surface area contributed by atoms with E-state index in [-0.39, 0.29) is 5.41 Å². The molecule has 1 aliphatic carbocycles. The minimum atomic E-state index is -0.395. The van der Waals surface area contributed by atoms with Gasteiger partial charge in [-0.1, -0.05) is 47.5 Å². The van der Waals surface area contributed by atoms with Gasteiger partial charge in [-0.25, -0.2) is 0 Å². The second-order valence-electron chi connectivity index (χ2n) is 9.39. The lowest BCUT2D eigenvalue weighted by Gasteiger charge is -2.35. The van der Waals surface area contributed by atoms with Crippen molar-refractivity contribution in [1.82, 2.24) is 0 Å². The molecule has 0 amide bonds. The predicted octanol–water partition coefficient (Wildman–Crippen LogP) is 5.33. The molecule has 2 heteroatoms. The topological polar surface area (TPSA) is 29.5 Å². The second kappa shape index (κ2) is 7.21. The SMILES string of the molecule is CC(C)C(C)CC1CCC(CC(C)(C)CC2(O)CCCC2)O1. The molecule has 1 saturated heterocycles. The van der Waals surface area contributed by atoms with Gasteiger partial charge < -0.3 is 9.84 Å². The van der Waals surface area contributed by atoms with E-state index in [0.717, 1.165) is 37.5 Å². The van der Waals surface area contributed by atoms with Gasteiger partial charge in [0.05, 0.1) is 17.8 Å². The Morgan fingerprint density at radius 3 is 2.27 bits per heavy atom. The van der Waals surface area contributed by atoms with Gasteiger partial charge in [0.2, 0.25) is 0 Å². The Morgan fingerprint density at radius 1 is 1.09 bits per heavy atom. The Balaban J connectivity index is 1.78. The molecule has 2 rings (SSSR count). The summed E-state index contributed by atoms with van der Waals surface area (Å²) in [7, 11) is 0. The zero-order valence-corrected chi connectivity index (χ0v) is 15.5. The number of aliphatic hydroxyl groups is 1. The van der Waals surface area contributed by atoms with Crippen molar-refractivity contribution in [2.75, 3.05) is 0 Å². The zero-order chi connectivity index (χ0) is 16.4. The molecule has 0 aromatic heterocycles. The first-order valence-corrected chi connectivity index (χ1v) is 9.57. The third-order valence-corrected chi connectivity index (χ3v) is 6.09. The molecule has 1 N–H and O–H groups in total. The number of rotatable bonds is 7. The summed E-state index contributed by atoms with van der Waals surface area (Å²) in [4.78, 5) is 0. The van der Waals surface area contributed by atoms with Crippen molar-refractivity contribution < 1.29 is 9.84 Å². The smallest absolute Gasteiger partial charge is 0.0653 e. The van der Waals surface area contributed by atoms with Crippen LogP contribution in [0.2, 0.25) is 0 Å². The van der Waals surface area contributed by atoms with Crippen LogP contribution in [0.25, 0.3) is 0 Å². The van der Waals surface area contributed by atoms with Gasteiger partial charge in [-0.05, 0) is 62.2 Å². The Morgan fingerprint density at radius 2 is 1.68 bits per heavy atom. The van der Waals surface area contributed by atoms with Crippen molar-refractivity contribution in [1.29, 1.82) is 0 Å². The van der Waals surface area contributed by atoms with Crippen LogP contribution in [0.4, 0.5) is 0 Å². The minimum Gasteiger partial charge on any atom is -0.390 e. The molecular formula is C20H38O2. The lowest BCUT2D eigenvalue weighted by molar-refractivity contribution is -0.0287. The van der Waals surface area contributed by atoms with Crippen LogP contribution in [0.1, 0.15) is 92.4 Å². The highest BCUT2D eigenvalue weighted by Crippen LogP contribution is 2.43. The average molecular weight is 311 g/mol. The van der Waals surface area contributed by atoms with Crippen LogP contribution in [-0.2, 0) is 4.74 Å². The first-order valence-electron chi connectivity index (χ1n) is 9.57. The molecule has 1 saturated carbocycles. The summed E-state index contributed by atoms with van der Waals surface area (Å²) in [5.41, 5.74) is -0.212. The number of ether oxygens (including phenoxy) is 1. The van der Waals surface area contributed by atoms with Gasteiger partial charge in [-0.15, -0.1) is 0 Å². The van der Waals surface area contributed by atoms with E-state index in [1.54, 1.807) is 0 Å². The maximum Gasteiger partial charge on any atom is 0.0653 e. The summed E-state index contributed by atoms with van der Waals surface area (Å²) in [6, 6.07) is 0. The highest BCUT2D eigenvalue weighted by Gasteiger charge is 2.39. The van der Waals surface area contributed by atoms with Crippen LogP contribution in [-0.4, -0.2) is 22.9 Å². The molecule has 130 valence electrons. The van der Waals surface area contributed by atoms with Gasteiger partial charge in [0.1, 0.15) is 0 Å². The van der Waals surface area contributed by atoms with Gasteiger partial charge in [0.25, 0.3) is 0 Å². The first kappa shape index (κ1) is 18.3. The maximum absolute atomic E-state index is 10.7. The fraction of sp³-hybridized carbons (Fsp3) is 1.00. The Kier molecular flexibility index (Phi) is 5.99. The number of hydrogen-bond donors (Lipinski definition) is 1. The van der Waals surface area contributed by atoms with Crippen LogP contribution < -0.4 is 0 Å². The minimum absolute atomic E-state index is 0.183. The van der Waals surface area contributed by atoms with Crippen LogP contribution in [0.3, 0.4) is 0 Å². The number of hydrogen-bond acceptors (Lipinski definition) is 2. The van der Waals surface area contributed by atoms with Crippen LogP contribution in [0, 0.1) is 17.3 Å². The Hall–Kier alpha value is -0.0800. The monoisotopic (exact) mass is 310 g/mol. The third kappa shape index (κ3) is 5.23. The van der Waals surface area contributed by atoms with Gasteiger partial charge in [0, 0.05) is 0 Å². The molecule has 3 unspecified atom stereocenters. The zero-order valence-electron chi connectivity index (χ0n) is 15.5. The maximum atomic E-state index is 10.7. The van der Waals surface area contributed by atoms with Crippen molar-refractivity contribution in [2.45, 2.75) is 110 Å². The lowest BCUT2D eigenvalue weighted by atomic mass is 9.75. The van der Waals surface area contributed by atoms with Gasteiger partial charge in [-0.2, -0.15) is 0 Å². The molecule has 22 heavy (non-hydrogen) atoms. The summed E-state index contributed by atoms with van der Waals surface area (Å²) in [6.45, 7) is 11.6. The van der Waals surface area contributed by atoms with Crippen molar-refractivity contribution in [3.8, 4) is 0 Å². The van der Waals surface area contributed by atoms with E-state index < -0.39 is 5.60 Å². The molecule has 0 spiro atoms.